The summed E-state index contributed by atoms with van der Waals surface area (Å²) in [6.45, 7) is 3.76. The largest absolute Gasteiger partial charge is 0.299 e. The number of Topliss-reactive ketones (excluding diaryl/α,β-unsaturated/α-hetero) is 1. The van der Waals surface area contributed by atoms with Crippen molar-refractivity contribution in [1.29, 1.82) is 0 Å². The Labute approximate surface area is 102 Å². The van der Waals surface area contributed by atoms with Gasteiger partial charge in [0.05, 0.1) is 11.4 Å². The van der Waals surface area contributed by atoms with E-state index in [1.807, 2.05) is 20.9 Å². The molecule has 5 nitrogen and oxygen atoms in total. The molecule has 6 heteroatoms. The third kappa shape index (κ3) is 3.96. The van der Waals surface area contributed by atoms with Crippen LogP contribution in [0.4, 0.5) is 0 Å². The number of aryl methyl sites for hydroxylation is 2. The molecule has 0 atom stereocenters. The normalized spacial score (nSPS) is 11.8. The van der Waals surface area contributed by atoms with Gasteiger partial charge in [0.2, 0.25) is 0 Å². The minimum atomic E-state index is -3.07. The van der Waals surface area contributed by atoms with Gasteiger partial charge < -0.3 is 0 Å². The van der Waals surface area contributed by atoms with Crippen molar-refractivity contribution in [3.05, 3.63) is 17.0 Å². The second-order valence-corrected chi connectivity index (χ2v) is 6.63. The molecule has 1 rings (SSSR count). The van der Waals surface area contributed by atoms with Crippen LogP contribution in [-0.4, -0.2) is 36.0 Å². The zero-order valence-corrected chi connectivity index (χ0v) is 11.5. The number of rotatable bonds is 5. The molecule has 0 fully saturated rings. The van der Waals surface area contributed by atoms with Crippen molar-refractivity contribution in [3.63, 3.8) is 0 Å². The number of hydrogen-bond donors (Lipinski definition) is 0. The van der Waals surface area contributed by atoms with Crippen molar-refractivity contribution >= 4 is 15.6 Å². The van der Waals surface area contributed by atoms with Crippen molar-refractivity contribution < 1.29 is 13.2 Å². The molecule has 1 heterocycles. The SMILES string of the molecule is Cc1nn(C)c(C)c1CC(=O)CCS(C)(=O)=O. The third-order valence-corrected chi connectivity index (χ3v) is 3.73. The molecule has 0 aliphatic carbocycles. The van der Waals surface area contributed by atoms with E-state index in [9.17, 15) is 13.2 Å². The Balaban J connectivity index is 2.69. The molecule has 17 heavy (non-hydrogen) atoms. The van der Waals surface area contributed by atoms with Crippen LogP contribution in [0, 0.1) is 13.8 Å². The summed E-state index contributed by atoms with van der Waals surface area (Å²) < 4.78 is 23.6. The highest BCUT2D eigenvalue weighted by molar-refractivity contribution is 7.90. The molecule has 0 amide bonds. The van der Waals surface area contributed by atoms with Crippen molar-refractivity contribution in [2.45, 2.75) is 26.7 Å². The minimum Gasteiger partial charge on any atom is -0.299 e. The van der Waals surface area contributed by atoms with Crippen molar-refractivity contribution in [3.8, 4) is 0 Å². The van der Waals surface area contributed by atoms with Crippen LogP contribution in [0.5, 0.6) is 0 Å². The number of carbonyl (C=O) groups excluding carboxylic acids is 1. The fourth-order valence-electron chi connectivity index (χ4n) is 1.66. The zero-order chi connectivity index (χ0) is 13.2. The van der Waals surface area contributed by atoms with Crippen molar-refractivity contribution in [2.24, 2.45) is 7.05 Å². The van der Waals surface area contributed by atoms with E-state index >= 15 is 0 Å². The summed E-state index contributed by atoms with van der Waals surface area (Å²) >= 11 is 0. The Hall–Kier alpha value is -1.17. The molecular weight excluding hydrogens is 240 g/mol. The highest BCUT2D eigenvalue weighted by atomic mass is 32.2. The van der Waals surface area contributed by atoms with Crippen LogP contribution in [-0.2, 0) is 28.1 Å². The summed E-state index contributed by atoms with van der Waals surface area (Å²) in [6.07, 6.45) is 1.48. The molecule has 96 valence electrons. The maximum atomic E-state index is 11.7. The van der Waals surface area contributed by atoms with E-state index in [0.717, 1.165) is 23.2 Å². The maximum Gasteiger partial charge on any atom is 0.147 e. The lowest BCUT2D eigenvalue weighted by Crippen LogP contribution is -2.12. The van der Waals surface area contributed by atoms with Crippen LogP contribution in [0.15, 0.2) is 0 Å². The molecule has 1 aromatic heterocycles. The van der Waals surface area contributed by atoms with Gasteiger partial charge in [-0.3, -0.25) is 9.48 Å². The topological polar surface area (TPSA) is 69.0 Å². The molecule has 0 aliphatic heterocycles. The summed E-state index contributed by atoms with van der Waals surface area (Å²) in [7, 11) is -1.24. The van der Waals surface area contributed by atoms with E-state index in [1.54, 1.807) is 4.68 Å². The number of ketones is 1. The Kier molecular flexibility index (Phi) is 4.08. The summed E-state index contributed by atoms with van der Waals surface area (Å²) in [5.74, 6) is -0.140. The Morgan fingerprint density at radius 2 is 1.94 bits per heavy atom. The number of nitrogens with zero attached hydrogens (tertiary/aromatic N) is 2. The molecule has 0 aliphatic rings. The molecule has 0 N–H and O–H groups in total. The van der Waals surface area contributed by atoms with Crippen LogP contribution < -0.4 is 0 Å². The first-order valence-electron chi connectivity index (χ1n) is 5.39. The molecular formula is C11H18N2O3S. The highest BCUT2D eigenvalue weighted by Gasteiger charge is 2.14. The Bertz CT molecular complexity index is 529. The Morgan fingerprint density at radius 3 is 2.35 bits per heavy atom. The number of aromatic nitrogens is 2. The second-order valence-electron chi connectivity index (χ2n) is 4.37. The van der Waals surface area contributed by atoms with Crippen molar-refractivity contribution in [1.82, 2.24) is 9.78 Å². The van der Waals surface area contributed by atoms with Gasteiger partial charge in [-0.1, -0.05) is 0 Å². The average molecular weight is 258 g/mol. The lowest BCUT2D eigenvalue weighted by molar-refractivity contribution is -0.118. The van der Waals surface area contributed by atoms with Gasteiger partial charge in [0.15, 0.2) is 0 Å². The molecule has 0 unspecified atom stereocenters. The van der Waals surface area contributed by atoms with Gasteiger partial charge in [-0.15, -0.1) is 0 Å². The van der Waals surface area contributed by atoms with Crippen LogP contribution in [0.25, 0.3) is 0 Å². The van der Waals surface area contributed by atoms with Gasteiger partial charge in [0.25, 0.3) is 0 Å². The first-order valence-corrected chi connectivity index (χ1v) is 7.45. The quantitative estimate of drug-likeness (QED) is 0.775. The standard InChI is InChI=1S/C11H18N2O3S/c1-8-11(9(2)13(3)12-8)7-10(14)5-6-17(4,15)16/h5-7H2,1-4H3. The van der Waals surface area contributed by atoms with Gasteiger partial charge in [-0.05, 0) is 13.8 Å². The summed E-state index contributed by atoms with van der Waals surface area (Å²) in [4.78, 5) is 11.7. The van der Waals surface area contributed by atoms with Crippen LogP contribution in [0.1, 0.15) is 23.4 Å². The summed E-state index contributed by atoms with van der Waals surface area (Å²) in [6, 6.07) is 0. The lowest BCUT2D eigenvalue weighted by Gasteiger charge is -2.01. The monoisotopic (exact) mass is 258 g/mol. The first-order chi connectivity index (χ1) is 7.70. The number of hydrogen-bond acceptors (Lipinski definition) is 4. The fourth-order valence-corrected chi connectivity index (χ4v) is 2.26. The molecule has 0 saturated carbocycles. The van der Waals surface area contributed by atoms with Gasteiger partial charge in [-0.2, -0.15) is 5.10 Å². The van der Waals surface area contributed by atoms with E-state index in [1.165, 1.54) is 0 Å². The van der Waals surface area contributed by atoms with Gasteiger partial charge in [0, 0.05) is 37.4 Å². The van der Waals surface area contributed by atoms with Crippen LogP contribution in [0.3, 0.4) is 0 Å². The van der Waals surface area contributed by atoms with E-state index in [4.69, 9.17) is 0 Å². The second kappa shape index (κ2) is 5.00. The predicted molar refractivity (Wildman–Crippen MR) is 65.7 cm³/mol. The number of carbonyl (C=O) groups is 1. The minimum absolute atomic E-state index is 0.0605. The predicted octanol–water partition coefficient (Wildman–Crippen LogP) is 0.583. The summed E-state index contributed by atoms with van der Waals surface area (Å²) in [5, 5.41) is 4.22. The maximum absolute atomic E-state index is 11.7. The van der Waals surface area contributed by atoms with Gasteiger partial charge in [0.1, 0.15) is 15.6 Å². The zero-order valence-electron chi connectivity index (χ0n) is 10.6. The number of sulfone groups is 1. The lowest BCUT2D eigenvalue weighted by atomic mass is 10.1. The van der Waals surface area contributed by atoms with E-state index in [0.29, 0.717) is 0 Å². The first kappa shape index (κ1) is 13.9. The van der Waals surface area contributed by atoms with Gasteiger partial charge >= 0.3 is 0 Å². The molecule has 0 saturated heterocycles. The van der Waals surface area contributed by atoms with Gasteiger partial charge in [-0.25, -0.2) is 8.42 Å². The molecule has 0 spiro atoms. The van der Waals surface area contributed by atoms with E-state index in [-0.39, 0.29) is 24.4 Å². The highest BCUT2D eigenvalue weighted by Crippen LogP contribution is 2.13. The third-order valence-electron chi connectivity index (χ3n) is 2.78. The molecule has 0 radical (unpaired) electrons. The Morgan fingerprint density at radius 1 is 1.35 bits per heavy atom. The molecule has 0 bridgehead atoms. The van der Waals surface area contributed by atoms with Crippen LogP contribution >= 0.6 is 0 Å². The van der Waals surface area contributed by atoms with Crippen molar-refractivity contribution in [2.75, 3.05) is 12.0 Å². The smallest absolute Gasteiger partial charge is 0.147 e. The fraction of sp³-hybridized carbons (Fsp3) is 0.636. The van der Waals surface area contributed by atoms with E-state index in [2.05, 4.69) is 5.10 Å². The van der Waals surface area contributed by atoms with Crippen LogP contribution in [0.2, 0.25) is 0 Å². The molecule has 0 aromatic carbocycles. The summed E-state index contributed by atoms with van der Waals surface area (Å²) in [5.41, 5.74) is 2.69. The van der Waals surface area contributed by atoms with E-state index < -0.39 is 9.84 Å². The molecule has 1 aromatic rings. The average Bonchev–Trinajstić information content (AvgIpc) is 2.41.